The SMILES string of the molecule is CCC(C)(C)C(=O)OC(C)c1cc(I)c(O)c(I)c1O. The fourth-order valence-electron chi connectivity index (χ4n) is 1.45. The number of phenols is 2. The monoisotopic (exact) mass is 504 g/mol. The molecule has 0 amide bonds. The Balaban J connectivity index is 3.05. The van der Waals surface area contributed by atoms with Gasteiger partial charge in [-0.3, -0.25) is 4.79 Å². The number of aromatic hydroxyl groups is 2. The van der Waals surface area contributed by atoms with Crippen molar-refractivity contribution in [2.24, 2.45) is 5.41 Å². The molecule has 0 bridgehead atoms. The number of carbonyl (C=O) groups excluding carboxylic acids is 1. The second-order valence-electron chi connectivity index (χ2n) is 5.24. The van der Waals surface area contributed by atoms with Gasteiger partial charge in [-0.15, -0.1) is 0 Å². The van der Waals surface area contributed by atoms with Crippen LogP contribution in [0.5, 0.6) is 11.5 Å². The second-order valence-corrected chi connectivity index (χ2v) is 7.48. The minimum absolute atomic E-state index is 0.0415. The van der Waals surface area contributed by atoms with Crippen molar-refractivity contribution in [2.45, 2.75) is 40.2 Å². The lowest BCUT2D eigenvalue weighted by Crippen LogP contribution is -2.26. The molecule has 2 N–H and O–H groups in total. The second kappa shape index (κ2) is 6.67. The van der Waals surface area contributed by atoms with E-state index < -0.39 is 11.5 Å². The van der Waals surface area contributed by atoms with Gasteiger partial charge in [-0.05, 0) is 78.4 Å². The van der Waals surface area contributed by atoms with Crippen LogP contribution in [0.2, 0.25) is 0 Å². The van der Waals surface area contributed by atoms with E-state index in [1.165, 1.54) is 0 Å². The summed E-state index contributed by atoms with van der Waals surface area (Å²) in [6.45, 7) is 7.29. The van der Waals surface area contributed by atoms with Gasteiger partial charge in [0.1, 0.15) is 17.6 Å². The summed E-state index contributed by atoms with van der Waals surface area (Å²) in [4.78, 5) is 12.1. The fourth-order valence-corrected chi connectivity index (χ4v) is 3.18. The van der Waals surface area contributed by atoms with Crippen LogP contribution in [-0.2, 0) is 9.53 Å². The van der Waals surface area contributed by atoms with Crippen LogP contribution >= 0.6 is 45.2 Å². The molecule has 6 heteroatoms. The van der Waals surface area contributed by atoms with Gasteiger partial charge in [-0.1, -0.05) is 6.92 Å². The van der Waals surface area contributed by atoms with E-state index in [0.717, 1.165) is 0 Å². The summed E-state index contributed by atoms with van der Waals surface area (Å²) >= 11 is 3.84. The van der Waals surface area contributed by atoms with Crippen LogP contribution in [0.15, 0.2) is 6.07 Å². The summed E-state index contributed by atoms with van der Waals surface area (Å²) in [7, 11) is 0. The Bertz CT molecular complexity index is 526. The lowest BCUT2D eigenvalue weighted by molar-refractivity contribution is -0.159. The highest BCUT2D eigenvalue weighted by Gasteiger charge is 2.30. The molecule has 1 aromatic carbocycles. The maximum Gasteiger partial charge on any atom is 0.312 e. The Labute approximate surface area is 146 Å². The van der Waals surface area contributed by atoms with E-state index in [-0.39, 0.29) is 17.5 Å². The molecular weight excluding hydrogens is 486 g/mol. The number of esters is 1. The van der Waals surface area contributed by atoms with E-state index >= 15 is 0 Å². The van der Waals surface area contributed by atoms with Crippen molar-refractivity contribution >= 4 is 51.2 Å². The Morgan fingerprint density at radius 3 is 2.40 bits per heavy atom. The Kier molecular flexibility index (Phi) is 5.94. The van der Waals surface area contributed by atoms with Crippen LogP contribution < -0.4 is 0 Å². The first kappa shape index (κ1) is 17.8. The van der Waals surface area contributed by atoms with Gasteiger partial charge in [0.2, 0.25) is 0 Å². The average molecular weight is 504 g/mol. The number of carbonyl (C=O) groups is 1. The van der Waals surface area contributed by atoms with Crippen molar-refractivity contribution in [2.75, 3.05) is 0 Å². The first-order valence-corrected chi connectivity index (χ1v) is 8.38. The van der Waals surface area contributed by atoms with Crippen LogP contribution in [0.3, 0.4) is 0 Å². The van der Waals surface area contributed by atoms with Gasteiger partial charge in [-0.25, -0.2) is 0 Å². The number of benzene rings is 1. The summed E-state index contributed by atoms with van der Waals surface area (Å²) < 4.78 is 6.41. The number of phenolic OH excluding ortho intramolecular Hbond substituents is 2. The minimum Gasteiger partial charge on any atom is -0.506 e. The van der Waals surface area contributed by atoms with E-state index in [4.69, 9.17) is 4.74 Å². The van der Waals surface area contributed by atoms with Crippen molar-refractivity contribution < 1.29 is 19.7 Å². The predicted molar refractivity (Wildman–Crippen MR) is 93.8 cm³/mol. The van der Waals surface area contributed by atoms with Crippen molar-refractivity contribution in [1.29, 1.82) is 0 Å². The van der Waals surface area contributed by atoms with Gasteiger partial charge >= 0.3 is 5.97 Å². The van der Waals surface area contributed by atoms with Gasteiger partial charge in [0.25, 0.3) is 0 Å². The maximum absolute atomic E-state index is 12.1. The standard InChI is InChI=1S/C14H18I2O4/c1-5-14(3,4)13(19)20-7(2)8-6-9(15)12(18)10(16)11(8)17/h6-7,17-18H,5H2,1-4H3. The summed E-state index contributed by atoms with van der Waals surface area (Å²) in [6, 6.07) is 1.63. The van der Waals surface area contributed by atoms with Gasteiger partial charge in [-0.2, -0.15) is 0 Å². The molecule has 1 rings (SSSR count). The Hall–Kier alpha value is -0.250. The van der Waals surface area contributed by atoms with E-state index in [9.17, 15) is 15.0 Å². The van der Waals surface area contributed by atoms with Crippen LogP contribution in [-0.4, -0.2) is 16.2 Å². The fraction of sp³-hybridized carbons (Fsp3) is 0.500. The average Bonchev–Trinajstić information content (AvgIpc) is 2.40. The largest absolute Gasteiger partial charge is 0.506 e. The van der Waals surface area contributed by atoms with E-state index in [0.29, 0.717) is 19.1 Å². The minimum atomic E-state index is -0.573. The zero-order valence-corrected chi connectivity index (χ0v) is 16.1. The predicted octanol–water partition coefficient (Wildman–Crippen LogP) is 4.35. The number of ether oxygens (including phenoxy) is 1. The highest BCUT2D eigenvalue weighted by molar-refractivity contribution is 14.1. The molecule has 4 nitrogen and oxygen atoms in total. The highest BCUT2D eigenvalue weighted by Crippen LogP contribution is 2.40. The zero-order valence-electron chi connectivity index (χ0n) is 11.8. The molecule has 0 heterocycles. The summed E-state index contributed by atoms with van der Waals surface area (Å²) in [5.74, 6) is -0.303. The molecule has 20 heavy (non-hydrogen) atoms. The molecule has 0 aromatic heterocycles. The van der Waals surface area contributed by atoms with E-state index in [1.54, 1.807) is 13.0 Å². The smallest absolute Gasteiger partial charge is 0.312 e. The van der Waals surface area contributed by atoms with Crippen LogP contribution in [0.1, 0.15) is 45.8 Å². The quantitative estimate of drug-likeness (QED) is 0.473. The van der Waals surface area contributed by atoms with Crippen molar-refractivity contribution in [1.82, 2.24) is 0 Å². The topological polar surface area (TPSA) is 66.8 Å². The highest BCUT2D eigenvalue weighted by atomic mass is 127. The van der Waals surface area contributed by atoms with Crippen molar-refractivity contribution in [3.63, 3.8) is 0 Å². The molecule has 0 aliphatic heterocycles. The molecule has 1 aromatic rings. The molecule has 0 aliphatic rings. The van der Waals surface area contributed by atoms with Crippen LogP contribution in [0.25, 0.3) is 0 Å². The summed E-state index contributed by atoms with van der Waals surface area (Å²) in [5, 5.41) is 19.8. The van der Waals surface area contributed by atoms with Crippen molar-refractivity contribution in [3.8, 4) is 11.5 Å². The third-order valence-corrected chi connectivity index (χ3v) is 5.20. The Morgan fingerprint density at radius 1 is 1.35 bits per heavy atom. The third-order valence-electron chi connectivity index (χ3n) is 3.36. The molecule has 0 spiro atoms. The van der Waals surface area contributed by atoms with Crippen molar-refractivity contribution in [3.05, 3.63) is 18.8 Å². The summed E-state index contributed by atoms with van der Waals surface area (Å²) in [5.41, 5.74) is -0.0574. The molecular formula is C14H18I2O4. The van der Waals surface area contributed by atoms with Gasteiger partial charge in [0.05, 0.1) is 12.6 Å². The zero-order chi connectivity index (χ0) is 15.7. The molecule has 1 unspecified atom stereocenters. The normalized spacial score (nSPS) is 13.1. The van der Waals surface area contributed by atoms with Gasteiger partial charge in [0.15, 0.2) is 0 Å². The number of halogens is 2. The number of hydrogen-bond acceptors (Lipinski definition) is 4. The van der Waals surface area contributed by atoms with E-state index in [1.807, 2.05) is 66.0 Å². The van der Waals surface area contributed by atoms with E-state index in [2.05, 4.69) is 0 Å². The maximum atomic E-state index is 12.1. The summed E-state index contributed by atoms with van der Waals surface area (Å²) in [6.07, 6.45) is 0.103. The molecule has 0 aliphatic carbocycles. The number of hydrogen-bond donors (Lipinski definition) is 2. The lowest BCUT2D eigenvalue weighted by atomic mass is 9.90. The van der Waals surface area contributed by atoms with Crippen LogP contribution in [0.4, 0.5) is 0 Å². The van der Waals surface area contributed by atoms with Crippen LogP contribution in [0, 0.1) is 12.6 Å². The third kappa shape index (κ3) is 3.69. The lowest BCUT2D eigenvalue weighted by Gasteiger charge is -2.24. The molecule has 0 saturated heterocycles. The number of rotatable bonds is 4. The Morgan fingerprint density at radius 2 is 1.90 bits per heavy atom. The molecule has 1 atom stereocenters. The first-order valence-electron chi connectivity index (χ1n) is 6.22. The van der Waals surface area contributed by atoms with Gasteiger partial charge in [0, 0.05) is 5.56 Å². The molecule has 0 fully saturated rings. The molecule has 0 saturated carbocycles. The molecule has 112 valence electrons. The first-order chi connectivity index (χ1) is 9.11. The van der Waals surface area contributed by atoms with Gasteiger partial charge < -0.3 is 14.9 Å². The molecule has 0 radical (unpaired) electrons.